The Kier molecular flexibility index (Phi) is 7.72. The van der Waals surface area contributed by atoms with Gasteiger partial charge in [0, 0.05) is 43.2 Å². The Morgan fingerprint density at radius 1 is 1.14 bits per heavy atom. The molecule has 1 aliphatic carbocycles. The molecule has 0 radical (unpaired) electrons. The number of nitrogens with one attached hydrogen (secondary N) is 2. The first-order valence-corrected chi connectivity index (χ1v) is 12.9. The molecule has 2 aromatic heterocycles. The van der Waals surface area contributed by atoms with E-state index in [0.717, 1.165) is 18.9 Å². The van der Waals surface area contributed by atoms with Crippen molar-refractivity contribution in [2.24, 2.45) is 5.92 Å². The molecule has 3 heterocycles. The molecule has 1 atom stereocenters. The van der Waals surface area contributed by atoms with Gasteiger partial charge in [0.15, 0.2) is 17.4 Å². The van der Waals surface area contributed by atoms with E-state index < -0.39 is 41.2 Å². The number of hydrogen-bond acceptors (Lipinski definition) is 7. The molecule has 0 spiro atoms. The number of piperazine rings is 1. The Bertz CT molecular complexity index is 1580. The lowest BCUT2D eigenvalue weighted by Crippen LogP contribution is -2.49. The fourth-order valence-electron chi connectivity index (χ4n) is 4.62. The Hall–Kier alpha value is -4.74. The van der Waals surface area contributed by atoms with Crippen LogP contribution in [-0.4, -0.2) is 59.2 Å². The van der Waals surface area contributed by atoms with Crippen molar-refractivity contribution in [3.63, 3.8) is 0 Å². The van der Waals surface area contributed by atoms with E-state index in [4.69, 9.17) is 4.42 Å². The maximum atomic E-state index is 14.1. The Balaban J connectivity index is 1.21. The zero-order chi connectivity index (χ0) is 30.2. The van der Waals surface area contributed by atoms with Gasteiger partial charge in [-0.2, -0.15) is 18.4 Å². The summed E-state index contributed by atoms with van der Waals surface area (Å²) in [4.78, 5) is 36.8. The first kappa shape index (κ1) is 28.8. The zero-order valence-electron chi connectivity index (χ0n) is 22.1. The number of aryl methyl sites for hydroxylation is 1. The molecule has 0 unspecified atom stereocenters. The molecule has 1 saturated carbocycles. The van der Waals surface area contributed by atoms with Gasteiger partial charge in [-0.15, -0.1) is 0 Å². The smallest absolute Gasteiger partial charge is 0.416 e. The maximum absolute atomic E-state index is 14.1. The third-order valence-electron chi connectivity index (χ3n) is 6.98. The van der Waals surface area contributed by atoms with Crippen LogP contribution in [0.1, 0.15) is 30.2 Å². The van der Waals surface area contributed by atoms with E-state index in [0.29, 0.717) is 32.2 Å². The lowest BCUT2D eigenvalue weighted by molar-refractivity contribution is -0.158. The number of furan rings is 1. The number of halogens is 5. The van der Waals surface area contributed by atoms with Crippen molar-refractivity contribution in [2.75, 3.05) is 36.4 Å². The van der Waals surface area contributed by atoms with Gasteiger partial charge >= 0.3 is 12.2 Å². The molecule has 1 saturated heterocycles. The highest BCUT2D eigenvalue weighted by Gasteiger charge is 2.45. The Morgan fingerprint density at radius 2 is 1.81 bits per heavy atom. The van der Waals surface area contributed by atoms with Crippen LogP contribution in [0.3, 0.4) is 0 Å². The Morgan fingerprint density at radius 3 is 2.40 bits per heavy atom. The summed E-state index contributed by atoms with van der Waals surface area (Å²) in [6, 6.07) is -0.618. The first-order valence-electron chi connectivity index (χ1n) is 12.9. The summed E-state index contributed by atoms with van der Waals surface area (Å²) in [5, 5.41) is 13.1. The molecule has 1 aliphatic heterocycles. The number of amides is 3. The minimum absolute atomic E-state index is 0.00990. The van der Waals surface area contributed by atoms with Gasteiger partial charge in [-0.25, -0.2) is 23.5 Å². The van der Waals surface area contributed by atoms with Crippen LogP contribution in [0.4, 0.5) is 38.4 Å². The minimum Gasteiger partial charge on any atom is -0.455 e. The van der Waals surface area contributed by atoms with E-state index in [1.54, 1.807) is 21.2 Å². The molecular weight excluding hydrogens is 565 g/mol. The highest BCUT2D eigenvalue weighted by atomic mass is 19.4. The van der Waals surface area contributed by atoms with Gasteiger partial charge in [0.1, 0.15) is 23.2 Å². The molecule has 3 amide bonds. The number of benzene rings is 1. The van der Waals surface area contributed by atoms with Gasteiger partial charge in [0.05, 0.1) is 18.1 Å². The molecule has 5 rings (SSSR count). The van der Waals surface area contributed by atoms with Crippen LogP contribution in [0.25, 0.3) is 11.0 Å². The van der Waals surface area contributed by atoms with Crippen LogP contribution in [0.2, 0.25) is 0 Å². The molecule has 15 heteroatoms. The number of carbonyl (C=O) groups excluding carboxylic acids is 2. The van der Waals surface area contributed by atoms with Crippen molar-refractivity contribution in [2.45, 2.75) is 32.0 Å². The molecule has 2 N–H and O–H groups in total. The van der Waals surface area contributed by atoms with Gasteiger partial charge in [-0.1, -0.05) is 6.08 Å². The predicted molar refractivity (Wildman–Crippen MR) is 139 cm³/mol. The summed E-state index contributed by atoms with van der Waals surface area (Å²) in [6.45, 7) is 2.65. The van der Waals surface area contributed by atoms with Gasteiger partial charge < -0.3 is 24.9 Å². The number of allylic oxidation sites excluding steroid dienone is 1. The van der Waals surface area contributed by atoms with Gasteiger partial charge in [-0.3, -0.25) is 4.79 Å². The van der Waals surface area contributed by atoms with Crippen LogP contribution < -0.4 is 15.5 Å². The lowest BCUT2D eigenvalue weighted by Gasteiger charge is -2.34. The largest absolute Gasteiger partial charge is 0.455 e. The second-order valence-corrected chi connectivity index (χ2v) is 10.0. The monoisotopic (exact) mass is 589 g/mol. The Labute approximate surface area is 235 Å². The first-order chi connectivity index (χ1) is 19.9. The van der Waals surface area contributed by atoms with E-state index in [9.17, 15) is 36.8 Å². The fourth-order valence-corrected chi connectivity index (χ4v) is 4.62. The number of alkyl halides is 3. The summed E-state index contributed by atoms with van der Waals surface area (Å²) in [5.74, 6) is -2.70. The number of hydrogen-bond donors (Lipinski definition) is 2. The number of anilines is 2. The summed E-state index contributed by atoms with van der Waals surface area (Å²) in [6.07, 6.45) is 1.05. The lowest BCUT2D eigenvalue weighted by atomic mass is 10.1. The van der Waals surface area contributed by atoms with E-state index in [-0.39, 0.29) is 40.0 Å². The molecule has 3 aromatic rings. The van der Waals surface area contributed by atoms with E-state index in [1.165, 1.54) is 19.3 Å². The van der Waals surface area contributed by atoms with Crippen molar-refractivity contribution in [3.8, 4) is 6.07 Å². The number of fused-ring (bicyclic) bond motifs is 1. The van der Waals surface area contributed by atoms with Crippen LogP contribution in [-0.2, 0) is 4.79 Å². The van der Waals surface area contributed by atoms with Gasteiger partial charge in [0.25, 0.3) is 5.91 Å². The average Bonchev–Trinajstić information content (AvgIpc) is 3.72. The fraction of sp³-hybridized carbons (Fsp3) is 0.370. The van der Waals surface area contributed by atoms with E-state index in [1.807, 2.05) is 6.07 Å². The van der Waals surface area contributed by atoms with E-state index in [2.05, 4.69) is 15.3 Å². The second kappa shape index (κ2) is 11.3. The third-order valence-corrected chi connectivity index (χ3v) is 6.98. The molecule has 1 aromatic carbocycles. The molecule has 220 valence electrons. The summed E-state index contributed by atoms with van der Waals surface area (Å²) >= 11 is 0. The van der Waals surface area contributed by atoms with Crippen molar-refractivity contribution >= 4 is 34.5 Å². The quantitative estimate of drug-likeness (QED) is 0.242. The zero-order valence-corrected chi connectivity index (χ0v) is 22.1. The maximum Gasteiger partial charge on any atom is 0.416 e. The number of rotatable bonds is 6. The molecule has 42 heavy (non-hydrogen) atoms. The molecule has 2 fully saturated rings. The summed E-state index contributed by atoms with van der Waals surface area (Å²) < 4.78 is 74.5. The molecular formula is C27H24F5N7O3. The van der Waals surface area contributed by atoms with Crippen LogP contribution in [0, 0.1) is 35.8 Å². The summed E-state index contributed by atoms with van der Waals surface area (Å²) in [7, 11) is 0. The predicted octanol–water partition coefficient (Wildman–Crippen LogP) is 4.74. The van der Waals surface area contributed by atoms with Crippen molar-refractivity contribution in [1.29, 1.82) is 5.26 Å². The molecule has 2 aliphatic rings. The standard InChI is InChI=1S/C27H24F5N7O3/c1-14-19-9-17(28)10-20(29)22(19)42-21(14)23(27(30,31)32)37-26(41)36-18-12-34-25(35-13-18)39-6-4-38(5-7-39)24(40)16(11-33)8-15-2-3-15/h8-10,12-13,15,23H,2-7H2,1H3,(H2,36,37,41)/b16-8+/t23-/m1/s1. The highest BCUT2D eigenvalue weighted by Crippen LogP contribution is 2.39. The van der Waals surface area contributed by atoms with Gasteiger partial charge in [-0.05, 0) is 31.7 Å². The van der Waals surface area contributed by atoms with Crippen LogP contribution in [0.5, 0.6) is 0 Å². The van der Waals surface area contributed by atoms with Crippen molar-refractivity contribution in [3.05, 3.63) is 59.1 Å². The number of urea groups is 1. The average molecular weight is 590 g/mol. The SMILES string of the molecule is Cc1c([C@@H](NC(=O)Nc2cnc(N3CCN(C(=O)/C(C#N)=C/C4CC4)CC3)nc2)C(F)(F)F)oc2c(F)cc(F)cc12. The number of aromatic nitrogens is 2. The third kappa shape index (κ3) is 6.12. The van der Waals surface area contributed by atoms with Crippen molar-refractivity contribution < 1.29 is 36.0 Å². The second-order valence-electron chi connectivity index (χ2n) is 10.0. The van der Waals surface area contributed by atoms with Crippen LogP contribution >= 0.6 is 0 Å². The van der Waals surface area contributed by atoms with Crippen LogP contribution in [0.15, 0.2) is 40.6 Å². The number of nitrogens with zero attached hydrogens (tertiary/aromatic N) is 5. The van der Waals surface area contributed by atoms with E-state index >= 15 is 0 Å². The highest BCUT2D eigenvalue weighted by molar-refractivity contribution is 5.97. The molecule has 10 nitrogen and oxygen atoms in total. The topological polar surface area (TPSA) is 127 Å². The van der Waals surface area contributed by atoms with Gasteiger partial charge in [0.2, 0.25) is 5.95 Å². The minimum atomic E-state index is -5.03. The number of nitriles is 1. The summed E-state index contributed by atoms with van der Waals surface area (Å²) in [5.41, 5.74) is -0.609. The normalized spacial score (nSPS) is 16.7. The molecule has 0 bridgehead atoms. The van der Waals surface area contributed by atoms with Crippen molar-refractivity contribution in [1.82, 2.24) is 20.2 Å². The number of carbonyl (C=O) groups is 2.